The molecule has 0 amide bonds. The fraction of sp³-hybridized carbons (Fsp3) is 0.353. The van der Waals surface area contributed by atoms with Crippen molar-refractivity contribution in [3.63, 3.8) is 0 Å². The third-order valence-electron chi connectivity index (χ3n) is 4.47. The molecular formula is C17H18N6O3. The van der Waals surface area contributed by atoms with Crippen LogP contribution < -0.4 is 4.90 Å². The van der Waals surface area contributed by atoms with Crippen LogP contribution in [0.2, 0.25) is 0 Å². The lowest BCUT2D eigenvalue weighted by Crippen LogP contribution is -2.46. The van der Waals surface area contributed by atoms with Gasteiger partial charge in [0.15, 0.2) is 5.82 Å². The molecule has 9 heteroatoms. The van der Waals surface area contributed by atoms with E-state index in [0.29, 0.717) is 38.4 Å². The van der Waals surface area contributed by atoms with E-state index in [2.05, 4.69) is 11.1 Å². The molecule has 26 heavy (non-hydrogen) atoms. The Balaban J connectivity index is 1.87. The van der Waals surface area contributed by atoms with Gasteiger partial charge in [0.2, 0.25) is 5.78 Å². The number of aryl methyl sites for hydroxylation is 1. The molecule has 1 fully saturated rings. The van der Waals surface area contributed by atoms with Crippen LogP contribution in [0.3, 0.4) is 0 Å². The van der Waals surface area contributed by atoms with Gasteiger partial charge in [0.25, 0.3) is 5.69 Å². The molecule has 2 heterocycles. The average molecular weight is 354 g/mol. The smallest absolute Gasteiger partial charge is 0.293 e. The molecule has 1 saturated heterocycles. The molecule has 0 bridgehead atoms. The Morgan fingerprint density at radius 1 is 1.35 bits per heavy atom. The van der Waals surface area contributed by atoms with Crippen LogP contribution in [0, 0.1) is 21.4 Å². The molecule has 0 aliphatic carbocycles. The summed E-state index contributed by atoms with van der Waals surface area (Å²) in [5, 5.41) is 20.3. The van der Waals surface area contributed by atoms with Crippen LogP contribution in [0.5, 0.6) is 0 Å². The quantitative estimate of drug-likeness (QED) is 0.343. The molecule has 1 aromatic heterocycles. The van der Waals surface area contributed by atoms with E-state index in [9.17, 15) is 14.9 Å². The number of imidazole rings is 1. The first kappa shape index (κ1) is 17.6. The third-order valence-corrected chi connectivity index (χ3v) is 4.47. The Morgan fingerprint density at radius 2 is 2.08 bits per heavy atom. The summed E-state index contributed by atoms with van der Waals surface area (Å²) in [5.74, 6) is -0.122. The number of carbonyl (C=O) groups excluding carboxylic acids is 1. The number of benzene rings is 1. The fourth-order valence-electron chi connectivity index (χ4n) is 3.04. The molecule has 1 aromatic carbocycles. The Kier molecular flexibility index (Phi) is 4.95. The molecule has 0 spiro atoms. The first-order chi connectivity index (χ1) is 12.5. The molecule has 0 atom stereocenters. The molecule has 0 saturated carbocycles. The number of ketones is 1. The second kappa shape index (κ2) is 7.33. The number of nitro groups is 1. The second-order valence-electron chi connectivity index (χ2n) is 6.07. The summed E-state index contributed by atoms with van der Waals surface area (Å²) in [6.45, 7) is 2.87. The van der Waals surface area contributed by atoms with Crippen LogP contribution in [-0.2, 0) is 7.05 Å². The number of hydrogen-bond acceptors (Lipinski definition) is 7. The number of anilines is 1. The zero-order chi connectivity index (χ0) is 18.7. The van der Waals surface area contributed by atoms with Gasteiger partial charge >= 0.3 is 0 Å². The molecule has 3 rings (SSSR count). The molecule has 0 unspecified atom stereocenters. The highest BCUT2D eigenvalue weighted by Gasteiger charge is 2.26. The molecule has 1 aliphatic rings. The maximum atomic E-state index is 12.5. The van der Waals surface area contributed by atoms with Crippen molar-refractivity contribution in [2.24, 2.45) is 7.05 Å². The zero-order valence-electron chi connectivity index (χ0n) is 14.3. The predicted octanol–water partition coefficient (Wildman–Crippen LogP) is 1.20. The fourth-order valence-corrected chi connectivity index (χ4v) is 3.04. The molecule has 9 nitrogen and oxygen atoms in total. The molecule has 2 aromatic rings. The lowest BCUT2D eigenvalue weighted by Gasteiger charge is -2.34. The standard InChI is InChI=1S/C17H18N6O3/c1-20-7-5-19-17(20)16(24)13-2-3-14(15(12-13)23(25)26)22-10-8-21(6-4-18)9-11-22/h2-3,5,7,12H,6,8-11H2,1H3. The highest BCUT2D eigenvalue weighted by molar-refractivity contribution is 6.07. The van der Waals surface area contributed by atoms with E-state index in [-0.39, 0.29) is 22.9 Å². The van der Waals surface area contributed by atoms with Crippen molar-refractivity contribution in [3.05, 3.63) is 52.1 Å². The summed E-state index contributed by atoms with van der Waals surface area (Å²) in [4.78, 5) is 31.6. The van der Waals surface area contributed by atoms with Gasteiger partial charge < -0.3 is 9.47 Å². The van der Waals surface area contributed by atoms with Gasteiger partial charge in [-0.05, 0) is 12.1 Å². The molecule has 0 N–H and O–H groups in total. The van der Waals surface area contributed by atoms with Crippen LogP contribution in [0.15, 0.2) is 30.6 Å². The number of aromatic nitrogens is 2. The number of rotatable bonds is 5. The largest absolute Gasteiger partial charge is 0.363 e. The normalized spacial score (nSPS) is 14.8. The number of nitriles is 1. The average Bonchev–Trinajstić information content (AvgIpc) is 3.07. The summed E-state index contributed by atoms with van der Waals surface area (Å²) in [5.41, 5.74) is 0.625. The number of nitro benzene ring substituents is 1. The molecule has 0 radical (unpaired) electrons. The third kappa shape index (κ3) is 3.41. The predicted molar refractivity (Wildman–Crippen MR) is 94.0 cm³/mol. The van der Waals surface area contributed by atoms with Crippen molar-refractivity contribution in [1.82, 2.24) is 14.5 Å². The SMILES string of the molecule is Cn1ccnc1C(=O)c1ccc(N2CCN(CC#N)CC2)c([N+](=O)[O-])c1. The van der Waals surface area contributed by atoms with Crippen molar-refractivity contribution in [2.45, 2.75) is 0 Å². The Labute approximate surface area is 150 Å². The topological polar surface area (TPSA) is 108 Å². The van der Waals surface area contributed by atoms with Gasteiger partial charge in [0, 0.05) is 57.3 Å². The minimum Gasteiger partial charge on any atom is -0.363 e. The summed E-state index contributed by atoms with van der Waals surface area (Å²) in [6.07, 6.45) is 3.16. The van der Waals surface area contributed by atoms with Gasteiger partial charge in [0.05, 0.1) is 17.5 Å². The maximum absolute atomic E-state index is 12.5. The van der Waals surface area contributed by atoms with Gasteiger partial charge in [0.1, 0.15) is 5.69 Å². The Hall–Kier alpha value is -3.25. The number of nitrogens with zero attached hydrogens (tertiary/aromatic N) is 6. The van der Waals surface area contributed by atoms with E-state index in [4.69, 9.17) is 5.26 Å². The lowest BCUT2D eigenvalue weighted by molar-refractivity contribution is -0.384. The van der Waals surface area contributed by atoms with Crippen molar-refractivity contribution in [2.75, 3.05) is 37.6 Å². The van der Waals surface area contributed by atoms with Crippen LogP contribution in [-0.4, -0.2) is 57.9 Å². The van der Waals surface area contributed by atoms with E-state index in [1.807, 2.05) is 9.80 Å². The van der Waals surface area contributed by atoms with Crippen molar-refractivity contribution >= 4 is 17.2 Å². The van der Waals surface area contributed by atoms with Crippen molar-refractivity contribution in [1.29, 1.82) is 5.26 Å². The van der Waals surface area contributed by atoms with Crippen LogP contribution in [0.25, 0.3) is 0 Å². The van der Waals surface area contributed by atoms with Crippen LogP contribution >= 0.6 is 0 Å². The van der Waals surface area contributed by atoms with Crippen LogP contribution in [0.1, 0.15) is 16.2 Å². The highest BCUT2D eigenvalue weighted by atomic mass is 16.6. The van der Waals surface area contributed by atoms with Crippen molar-refractivity contribution in [3.8, 4) is 6.07 Å². The van der Waals surface area contributed by atoms with Crippen molar-refractivity contribution < 1.29 is 9.72 Å². The first-order valence-electron chi connectivity index (χ1n) is 8.16. The van der Waals surface area contributed by atoms with Gasteiger partial charge in [-0.15, -0.1) is 0 Å². The Bertz CT molecular complexity index is 877. The highest BCUT2D eigenvalue weighted by Crippen LogP contribution is 2.30. The van der Waals surface area contributed by atoms with E-state index in [1.165, 1.54) is 12.3 Å². The summed E-state index contributed by atoms with van der Waals surface area (Å²) >= 11 is 0. The minimum atomic E-state index is -0.466. The Morgan fingerprint density at radius 3 is 2.65 bits per heavy atom. The molecule has 134 valence electrons. The number of carbonyl (C=O) groups is 1. The van der Waals surface area contributed by atoms with Gasteiger partial charge in [-0.25, -0.2) is 4.98 Å². The zero-order valence-corrected chi connectivity index (χ0v) is 14.3. The van der Waals surface area contributed by atoms with E-state index < -0.39 is 4.92 Å². The molecule has 1 aliphatic heterocycles. The number of piperazine rings is 1. The summed E-state index contributed by atoms with van der Waals surface area (Å²) < 4.78 is 1.58. The number of hydrogen-bond donors (Lipinski definition) is 0. The monoisotopic (exact) mass is 354 g/mol. The van der Waals surface area contributed by atoms with Gasteiger partial charge in [-0.3, -0.25) is 19.8 Å². The molecular weight excluding hydrogens is 336 g/mol. The summed E-state index contributed by atoms with van der Waals surface area (Å²) in [6, 6.07) is 6.64. The second-order valence-corrected chi connectivity index (χ2v) is 6.07. The van der Waals surface area contributed by atoms with E-state index >= 15 is 0 Å². The van der Waals surface area contributed by atoms with E-state index in [1.54, 1.807) is 29.9 Å². The van der Waals surface area contributed by atoms with E-state index in [0.717, 1.165) is 0 Å². The maximum Gasteiger partial charge on any atom is 0.293 e. The van der Waals surface area contributed by atoms with Gasteiger partial charge in [-0.2, -0.15) is 5.26 Å². The first-order valence-corrected chi connectivity index (χ1v) is 8.16. The minimum absolute atomic E-state index is 0.0983. The van der Waals surface area contributed by atoms with Crippen LogP contribution in [0.4, 0.5) is 11.4 Å². The summed E-state index contributed by atoms with van der Waals surface area (Å²) in [7, 11) is 1.70. The lowest BCUT2D eigenvalue weighted by atomic mass is 10.1. The van der Waals surface area contributed by atoms with Gasteiger partial charge in [-0.1, -0.05) is 0 Å².